The van der Waals surface area contributed by atoms with E-state index in [1.54, 1.807) is 0 Å². The van der Waals surface area contributed by atoms with Gasteiger partial charge in [-0.3, -0.25) is 0 Å². The van der Waals surface area contributed by atoms with Gasteiger partial charge in [0.05, 0.1) is 0 Å². The number of rotatable bonds is 4. The average molecular weight is 255 g/mol. The second-order valence-electron chi connectivity index (χ2n) is 3.40. The van der Waals surface area contributed by atoms with E-state index < -0.39 is 0 Å². The van der Waals surface area contributed by atoms with E-state index in [1.807, 2.05) is 19.1 Å². The monoisotopic (exact) mass is 254 g/mol. The molecule has 0 heterocycles. The van der Waals surface area contributed by atoms with Crippen LogP contribution in [0.1, 0.15) is 36.5 Å². The molecule has 1 nitrogen and oxygen atoms in total. The molecule has 0 bridgehead atoms. The third kappa shape index (κ3) is 2.24. The van der Waals surface area contributed by atoms with E-state index in [0.29, 0.717) is 0 Å². The van der Waals surface area contributed by atoms with Crippen molar-refractivity contribution in [2.75, 3.05) is 0 Å². The van der Waals surface area contributed by atoms with Gasteiger partial charge in [0.1, 0.15) is 6.29 Å². The predicted octanol–water partition coefficient (Wildman–Crippen LogP) is 3.45. The van der Waals surface area contributed by atoms with Crippen LogP contribution in [0.4, 0.5) is 0 Å². The zero-order valence-electron chi connectivity index (χ0n) is 8.59. The summed E-state index contributed by atoms with van der Waals surface area (Å²) >= 11 is 3.48. The quantitative estimate of drug-likeness (QED) is 0.595. The minimum atomic E-state index is -0.00551. The number of hydrogen-bond donors (Lipinski definition) is 0. The summed E-state index contributed by atoms with van der Waals surface area (Å²) in [4.78, 5) is 10.8. The molecule has 2 heteroatoms. The number of benzene rings is 1. The lowest BCUT2D eigenvalue weighted by Gasteiger charge is -2.13. The van der Waals surface area contributed by atoms with Crippen LogP contribution in [0.5, 0.6) is 0 Å². The van der Waals surface area contributed by atoms with Crippen LogP contribution in [-0.4, -0.2) is 6.29 Å². The van der Waals surface area contributed by atoms with Crippen molar-refractivity contribution >= 4 is 22.2 Å². The van der Waals surface area contributed by atoms with Crippen molar-refractivity contribution < 1.29 is 4.79 Å². The zero-order chi connectivity index (χ0) is 10.6. The summed E-state index contributed by atoms with van der Waals surface area (Å²) in [5, 5.41) is 0.824. The topological polar surface area (TPSA) is 17.1 Å². The molecule has 1 aromatic rings. The molecule has 0 radical (unpaired) electrons. The maximum atomic E-state index is 10.8. The van der Waals surface area contributed by atoms with Gasteiger partial charge in [0, 0.05) is 11.2 Å². The van der Waals surface area contributed by atoms with Crippen molar-refractivity contribution in [3.8, 4) is 0 Å². The number of hydrogen-bond acceptors (Lipinski definition) is 1. The summed E-state index contributed by atoms with van der Waals surface area (Å²) in [5.74, 6) is -0.00551. The number of aldehydes is 1. The lowest BCUT2D eigenvalue weighted by molar-refractivity contribution is -0.108. The van der Waals surface area contributed by atoms with E-state index in [9.17, 15) is 4.79 Å². The molecule has 1 aromatic carbocycles. The summed E-state index contributed by atoms with van der Waals surface area (Å²) in [6.07, 6.45) is 2.02. The van der Waals surface area contributed by atoms with Crippen molar-refractivity contribution in [3.05, 3.63) is 34.9 Å². The van der Waals surface area contributed by atoms with Crippen LogP contribution >= 0.6 is 15.9 Å². The van der Waals surface area contributed by atoms with Crippen LogP contribution in [0, 0.1) is 0 Å². The molecule has 0 aliphatic carbocycles. The highest BCUT2D eigenvalue weighted by molar-refractivity contribution is 9.08. The third-order valence-corrected chi connectivity index (χ3v) is 3.08. The van der Waals surface area contributed by atoms with E-state index in [-0.39, 0.29) is 5.92 Å². The van der Waals surface area contributed by atoms with E-state index >= 15 is 0 Å². The Morgan fingerprint density at radius 3 is 2.71 bits per heavy atom. The van der Waals surface area contributed by atoms with E-state index in [4.69, 9.17) is 0 Å². The van der Waals surface area contributed by atoms with Gasteiger partial charge in [-0.15, -0.1) is 0 Å². The first-order valence-electron chi connectivity index (χ1n) is 4.86. The van der Waals surface area contributed by atoms with Crippen molar-refractivity contribution in [2.45, 2.75) is 31.5 Å². The second kappa shape index (κ2) is 5.30. The van der Waals surface area contributed by atoms with Gasteiger partial charge in [-0.25, -0.2) is 0 Å². The van der Waals surface area contributed by atoms with Crippen molar-refractivity contribution in [3.63, 3.8) is 0 Å². The Morgan fingerprint density at radius 1 is 1.50 bits per heavy atom. The van der Waals surface area contributed by atoms with Crippen LogP contribution in [0.3, 0.4) is 0 Å². The molecule has 0 amide bonds. The summed E-state index contributed by atoms with van der Waals surface area (Å²) in [6, 6.07) is 6.19. The lowest BCUT2D eigenvalue weighted by atomic mass is 9.93. The van der Waals surface area contributed by atoms with Crippen molar-refractivity contribution in [1.29, 1.82) is 0 Å². The minimum absolute atomic E-state index is 0.00551. The number of carbonyl (C=O) groups is 1. The molecule has 76 valence electrons. The first-order valence-corrected chi connectivity index (χ1v) is 5.98. The van der Waals surface area contributed by atoms with Crippen LogP contribution < -0.4 is 0 Å². The van der Waals surface area contributed by atoms with Gasteiger partial charge in [0.2, 0.25) is 0 Å². The third-order valence-electron chi connectivity index (χ3n) is 2.52. The molecule has 1 rings (SSSR count). The highest BCUT2D eigenvalue weighted by atomic mass is 79.9. The fourth-order valence-electron chi connectivity index (χ4n) is 1.65. The Bertz CT molecular complexity index is 320. The molecule has 1 unspecified atom stereocenters. The molecule has 0 N–H and O–H groups in total. The highest BCUT2D eigenvalue weighted by Crippen LogP contribution is 2.24. The van der Waals surface area contributed by atoms with Gasteiger partial charge in [-0.1, -0.05) is 48.0 Å². The molecule has 0 fully saturated rings. The Labute approximate surface area is 93.7 Å². The molecule has 0 aliphatic heterocycles. The van der Waals surface area contributed by atoms with Gasteiger partial charge in [0.15, 0.2) is 0 Å². The Morgan fingerprint density at radius 2 is 2.21 bits per heavy atom. The molecule has 0 spiro atoms. The molecular formula is C12H15BrO. The van der Waals surface area contributed by atoms with E-state index in [2.05, 4.69) is 28.9 Å². The molecule has 0 aliphatic rings. The first-order chi connectivity index (χ1) is 6.74. The van der Waals surface area contributed by atoms with Crippen molar-refractivity contribution in [2.24, 2.45) is 0 Å². The highest BCUT2D eigenvalue weighted by Gasteiger charge is 2.11. The van der Waals surface area contributed by atoms with Crippen LogP contribution in [0.2, 0.25) is 0 Å². The van der Waals surface area contributed by atoms with Crippen LogP contribution in [0.25, 0.3) is 0 Å². The van der Waals surface area contributed by atoms with Crippen LogP contribution in [-0.2, 0) is 16.5 Å². The van der Waals surface area contributed by atoms with E-state index in [1.165, 1.54) is 11.1 Å². The van der Waals surface area contributed by atoms with Crippen molar-refractivity contribution in [1.82, 2.24) is 0 Å². The largest absolute Gasteiger partial charge is 0.303 e. The Kier molecular flexibility index (Phi) is 4.33. The fourth-order valence-corrected chi connectivity index (χ4v) is 2.33. The molecular weight excluding hydrogens is 240 g/mol. The molecule has 0 saturated carbocycles. The number of aryl methyl sites for hydroxylation is 1. The zero-order valence-corrected chi connectivity index (χ0v) is 10.2. The van der Waals surface area contributed by atoms with Gasteiger partial charge < -0.3 is 4.79 Å². The van der Waals surface area contributed by atoms with Gasteiger partial charge in [0.25, 0.3) is 0 Å². The number of halogens is 1. The van der Waals surface area contributed by atoms with Gasteiger partial charge in [-0.05, 0) is 23.1 Å². The molecule has 1 atom stereocenters. The number of carbonyl (C=O) groups excluding carboxylic acids is 1. The average Bonchev–Trinajstić information content (AvgIpc) is 2.26. The summed E-state index contributed by atoms with van der Waals surface area (Å²) in [6.45, 7) is 4.07. The van der Waals surface area contributed by atoms with Crippen LogP contribution in [0.15, 0.2) is 18.2 Å². The molecule has 0 aromatic heterocycles. The Hall–Kier alpha value is -0.630. The molecule has 0 saturated heterocycles. The lowest BCUT2D eigenvalue weighted by Crippen LogP contribution is -2.02. The summed E-state index contributed by atoms with van der Waals surface area (Å²) in [5.41, 5.74) is 3.75. The smallest absolute Gasteiger partial charge is 0.127 e. The maximum absolute atomic E-state index is 10.8. The SMILES string of the molecule is CCc1cccc(C(C)C=O)c1CBr. The summed E-state index contributed by atoms with van der Waals surface area (Å²) < 4.78 is 0. The van der Waals surface area contributed by atoms with Gasteiger partial charge >= 0.3 is 0 Å². The fraction of sp³-hybridized carbons (Fsp3) is 0.417. The minimum Gasteiger partial charge on any atom is -0.303 e. The second-order valence-corrected chi connectivity index (χ2v) is 3.96. The summed E-state index contributed by atoms with van der Waals surface area (Å²) in [7, 11) is 0. The Balaban J connectivity index is 3.21. The van der Waals surface area contributed by atoms with E-state index in [0.717, 1.165) is 23.6 Å². The van der Waals surface area contributed by atoms with Gasteiger partial charge in [-0.2, -0.15) is 0 Å². The standard InChI is InChI=1S/C12H15BrO/c1-3-10-5-4-6-11(9(2)8-14)12(10)7-13/h4-6,8-9H,3,7H2,1-2H3. The maximum Gasteiger partial charge on any atom is 0.127 e. The predicted molar refractivity (Wildman–Crippen MR) is 62.9 cm³/mol. The normalized spacial score (nSPS) is 12.5. The first kappa shape index (κ1) is 11.4. The molecule has 14 heavy (non-hydrogen) atoms. The number of alkyl halides is 1.